The Balaban J connectivity index is 1.62. The molecule has 1 amide bonds. The maximum atomic E-state index is 12.4. The van der Waals surface area contributed by atoms with E-state index in [-0.39, 0.29) is 5.91 Å². The molecule has 2 aromatic carbocycles. The van der Waals surface area contributed by atoms with Crippen LogP contribution in [0.25, 0.3) is 0 Å². The van der Waals surface area contributed by atoms with Crippen molar-refractivity contribution >= 4 is 21.8 Å². The Labute approximate surface area is 156 Å². The molecule has 0 bridgehead atoms. The molecule has 1 aliphatic carbocycles. The van der Waals surface area contributed by atoms with Crippen LogP contribution < -0.4 is 14.8 Å². The molecule has 1 unspecified atom stereocenters. The topological polar surface area (TPSA) is 47.6 Å². The molecular formula is C20H22BrNO3. The van der Waals surface area contributed by atoms with Crippen LogP contribution in [-0.4, -0.2) is 20.1 Å². The third-order valence-corrected chi connectivity index (χ3v) is 5.46. The monoisotopic (exact) mass is 403 g/mol. The highest BCUT2D eigenvalue weighted by Crippen LogP contribution is 2.35. The third kappa shape index (κ3) is 3.98. The molecule has 4 nitrogen and oxygen atoms in total. The van der Waals surface area contributed by atoms with Gasteiger partial charge in [-0.1, -0.05) is 40.2 Å². The minimum atomic E-state index is 0.0726. The second-order valence-electron chi connectivity index (χ2n) is 6.21. The van der Waals surface area contributed by atoms with Crippen LogP contribution in [0.1, 0.15) is 35.4 Å². The number of carbonyl (C=O) groups excluding carboxylic acids is 1. The Morgan fingerprint density at radius 2 is 1.92 bits per heavy atom. The number of aryl methyl sites for hydroxylation is 1. The molecule has 0 aliphatic heterocycles. The summed E-state index contributed by atoms with van der Waals surface area (Å²) in [6, 6.07) is 12.2. The first-order chi connectivity index (χ1) is 12.1. The van der Waals surface area contributed by atoms with Crippen molar-refractivity contribution < 1.29 is 14.3 Å². The molecule has 1 N–H and O–H groups in total. The van der Waals surface area contributed by atoms with Gasteiger partial charge in [0.2, 0.25) is 5.91 Å². The van der Waals surface area contributed by atoms with Crippen LogP contribution in [0, 0.1) is 0 Å². The van der Waals surface area contributed by atoms with E-state index in [4.69, 9.17) is 9.47 Å². The zero-order valence-electron chi connectivity index (χ0n) is 14.5. The summed E-state index contributed by atoms with van der Waals surface area (Å²) in [5.74, 6) is 1.71. The number of rotatable bonds is 6. The van der Waals surface area contributed by atoms with Crippen LogP contribution in [0.4, 0.5) is 0 Å². The van der Waals surface area contributed by atoms with Gasteiger partial charge in [0, 0.05) is 17.4 Å². The van der Waals surface area contributed by atoms with Crippen molar-refractivity contribution in [3.05, 3.63) is 57.6 Å². The number of ether oxygens (including phenoxy) is 2. The maximum absolute atomic E-state index is 12.4. The van der Waals surface area contributed by atoms with Crippen LogP contribution >= 0.6 is 15.9 Å². The lowest BCUT2D eigenvalue weighted by atomic mass is 9.97. The zero-order valence-corrected chi connectivity index (χ0v) is 16.1. The minimum Gasteiger partial charge on any atom is -0.493 e. The van der Waals surface area contributed by atoms with E-state index in [2.05, 4.69) is 45.5 Å². The van der Waals surface area contributed by atoms with Crippen molar-refractivity contribution in [1.29, 1.82) is 0 Å². The van der Waals surface area contributed by atoms with E-state index in [1.54, 1.807) is 14.2 Å². The number of hydrogen-bond donors (Lipinski definition) is 1. The van der Waals surface area contributed by atoms with Gasteiger partial charge in [-0.15, -0.1) is 0 Å². The lowest BCUT2D eigenvalue weighted by Crippen LogP contribution is -2.24. The molecule has 0 spiro atoms. The molecule has 1 aliphatic rings. The number of halogens is 1. The fourth-order valence-corrected chi connectivity index (χ4v) is 3.84. The summed E-state index contributed by atoms with van der Waals surface area (Å²) in [6.07, 6.45) is 2.64. The molecule has 25 heavy (non-hydrogen) atoms. The molecule has 0 saturated heterocycles. The molecule has 0 fully saturated rings. The number of methoxy groups -OCH3 is 2. The van der Waals surface area contributed by atoms with Gasteiger partial charge < -0.3 is 14.8 Å². The largest absolute Gasteiger partial charge is 0.493 e. The van der Waals surface area contributed by atoms with Gasteiger partial charge in [0.1, 0.15) is 0 Å². The molecule has 5 heteroatoms. The summed E-state index contributed by atoms with van der Waals surface area (Å²) in [5, 5.41) is 3.02. The van der Waals surface area contributed by atoms with E-state index in [0.717, 1.165) is 22.9 Å². The van der Waals surface area contributed by atoms with E-state index in [1.165, 1.54) is 11.1 Å². The van der Waals surface area contributed by atoms with Gasteiger partial charge in [-0.2, -0.15) is 0 Å². The number of nitrogens with one attached hydrogen (secondary N) is 1. The average Bonchev–Trinajstić information content (AvgIpc) is 3.03. The minimum absolute atomic E-state index is 0.0726. The second-order valence-corrected chi connectivity index (χ2v) is 7.07. The molecule has 0 heterocycles. The van der Waals surface area contributed by atoms with E-state index in [9.17, 15) is 4.79 Å². The average molecular weight is 404 g/mol. The van der Waals surface area contributed by atoms with Gasteiger partial charge in [0.15, 0.2) is 11.5 Å². The van der Waals surface area contributed by atoms with Crippen molar-refractivity contribution in [2.45, 2.75) is 31.7 Å². The number of benzene rings is 2. The van der Waals surface area contributed by atoms with Crippen molar-refractivity contribution in [2.75, 3.05) is 14.2 Å². The van der Waals surface area contributed by atoms with Crippen LogP contribution in [0.15, 0.2) is 40.9 Å². The first-order valence-corrected chi connectivity index (χ1v) is 9.16. The van der Waals surface area contributed by atoms with Crippen molar-refractivity contribution in [1.82, 2.24) is 5.32 Å². The van der Waals surface area contributed by atoms with E-state index < -0.39 is 0 Å². The van der Waals surface area contributed by atoms with E-state index >= 15 is 0 Å². The quantitative estimate of drug-likeness (QED) is 0.785. The highest BCUT2D eigenvalue weighted by molar-refractivity contribution is 9.10. The van der Waals surface area contributed by atoms with E-state index in [0.29, 0.717) is 30.4 Å². The summed E-state index contributed by atoms with van der Waals surface area (Å²) in [6.45, 7) is 0.453. The highest BCUT2D eigenvalue weighted by atomic mass is 79.9. The number of carbonyl (C=O) groups is 1. The first-order valence-electron chi connectivity index (χ1n) is 8.37. The first kappa shape index (κ1) is 17.8. The molecule has 0 radical (unpaired) electrons. The standard InChI is InChI=1S/C20H22BrNO3/c1-24-18-9-15(17(21)11-19(18)25-2)12-22-20(23)10-14-8-7-13-5-3-4-6-16(13)14/h3-6,9,11,14H,7-8,10,12H2,1-2H3,(H,22,23). The molecule has 132 valence electrons. The Kier molecular flexibility index (Phi) is 5.63. The molecule has 3 rings (SSSR count). The van der Waals surface area contributed by atoms with Gasteiger partial charge in [0.25, 0.3) is 0 Å². The number of hydrogen-bond acceptors (Lipinski definition) is 3. The Morgan fingerprint density at radius 1 is 1.20 bits per heavy atom. The van der Waals surface area contributed by atoms with E-state index in [1.807, 2.05) is 12.1 Å². The lowest BCUT2D eigenvalue weighted by Gasteiger charge is -2.14. The fraction of sp³-hybridized carbons (Fsp3) is 0.350. The highest BCUT2D eigenvalue weighted by Gasteiger charge is 2.24. The normalized spacial score (nSPS) is 15.6. The predicted octanol–water partition coefficient (Wildman–Crippen LogP) is 4.20. The van der Waals surface area contributed by atoms with Crippen molar-refractivity contribution in [3.8, 4) is 11.5 Å². The van der Waals surface area contributed by atoms with Gasteiger partial charge in [-0.3, -0.25) is 4.79 Å². The van der Waals surface area contributed by atoms with Gasteiger partial charge in [0.05, 0.1) is 14.2 Å². The predicted molar refractivity (Wildman–Crippen MR) is 101 cm³/mol. The van der Waals surface area contributed by atoms with Crippen molar-refractivity contribution in [3.63, 3.8) is 0 Å². The zero-order chi connectivity index (χ0) is 17.8. The molecule has 0 aromatic heterocycles. The molecular weight excluding hydrogens is 382 g/mol. The summed E-state index contributed by atoms with van der Waals surface area (Å²) in [5.41, 5.74) is 3.66. The third-order valence-electron chi connectivity index (χ3n) is 4.72. The Hall–Kier alpha value is -2.01. The number of fused-ring (bicyclic) bond motifs is 1. The maximum Gasteiger partial charge on any atom is 0.220 e. The second kappa shape index (κ2) is 7.91. The smallest absolute Gasteiger partial charge is 0.220 e. The summed E-state index contributed by atoms with van der Waals surface area (Å²) in [4.78, 5) is 12.4. The Bertz CT molecular complexity index is 776. The van der Waals surface area contributed by atoms with Crippen LogP contribution in [0.2, 0.25) is 0 Å². The summed E-state index contributed by atoms with van der Waals surface area (Å²) in [7, 11) is 3.21. The van der Waals surface area contributed by atoms with Gasteiger partial charge in [-0.05, 0) is 47.6 Å². The summed E-state index contributed by atoms with van der Waals surface area (Å²) >= 11 is 3.52. The van der Waals surface area contributed by atoms with Crippen LogP contribution in [0.3, 0.4) is 0 Å². The molecule has 1 atom stereocenters. The van der Waals surface area contributed by atoms with Gasteiger partial charge in [-0.25, -0.2) is 0 Å². The molecule has 0 saturated carbocycles. The number of amides is 1. The van der Waals surface area contributed by atoms with Gasteiger partial charge >= 0.3 is 0 Å². The lowest BCUT2D eigenvalue weighted by molar-refractivity contribution is -0.121. The molecule has 2 aromatic rings. The summed E-state index contributed by atoms with van der Waals surface area (Å²) < 4.78 is 11.5. The fourth-order valence-electron chi connectivity index (χ4n) is 3.38. The Morgan fingerprint density at radius 3 is 2.68 bits per heavy atom. The van der Waals surface area contributed by atoms with Crippen molar-refractivity contribution in [2.24, 2.45) is 0 Å². The van der Waals surface area contributed by atoms with Crippen LogP contribution in [-0.2, 0) is 17.8 Å². The van der Waals surface area contributed by atoms with Crippen LogP contribution in [0.5, 0.6) is 11.5 Å². The SMILES string of the molecule is COc1cc(Br)c(CNC(=O)CC2CCc3ccccc32)cc1OC.